The van der Waals surface area contributed by atoms with E-state index in [1.807, 2.05) is 0 Å². The topological polar surface area (TPSA) is 74.7 Å². The summed E-state index contributed by atoms with van der Waals surface area (Å²) in [6, 6.07) is 6.19. The first-order valence-electron chi connectivity index (χ1n) is 6.17. The molecule has 1 aromatic carbocycles. The molecule has 1 aliphatic heterocycles. The average Bonchev–Trinajstić information content (AvgIpc) is 2.40. The molecule has 0 spiro atoms. The Balaban J connectivity index is 2.18. The standard InChI is InChI=1S/C12H17NO4S2/c14-18(15)10-11-4-6-12(7-5-11)19(16,17)13-8-2-1-3-9-13/h4-7H,1-3,8-10H2,(H,14,15). The van der Waals surface area contributed by atoms with Crippen molar-refractivity contribution in [2.75, 3.05) is 13.1 Å². The molecule has 1 heterocycles. The first-order valence-corrected chi connectivity index (χ1v) is 8.88. The van der Waals surface area contributed by atoms with Gasteiger partial charge in [0.1, 0.15) is 0 Å². The maximum atomic E-state index is 12.3. The highest BCUT2D eigenvalue weighted by atomic mass is 32.2. The second-order valence-corrected chi connectivity index (χ2v) is 7.44. The normalized spacial score (nSPS) is 19.2. The van der Waals surface area contributed by atoms with Gasteiger partial charge >= 0.3 is 0 Å². The molecule has 1 atom stereocenters. The summed E-state index contributed by atoms with van der Waals surface area (Å²) in [4.78, 5) is 0.252. The van der Waals surface area contributed by atoms with E-state index in [4.69, 9.17) is 4.55 Å². The number of piperidine rings is 1. The molecule has 1 aliphatic rings. The van der Waals surface area contributed by atoms with Crippen LogP contribution < -0.4 is 0 Å². The van der Waals surface area contributed by atoms with E-state index >= 15 is 0 Å². The molecule has 0 aliphatic carbocycles. The van der Waals surface area contributed by atoms with Crippen LogP contribution in [0.15, 0.2) is 29.2 Å². The quantitative estimate of drug-likeness (QED) is 0.857. The van der Waals surface area contributed by atoms with Gasteiger partial charge in [0, 0.05) is 13.1 Å². The molecule has 0 saturated carbocycles. The van der Waals surface area contributed by atoms with Crippen molar-refractivity contribution in [1.29, 1.82) is 0 Å². The van der Waals surface area contributed by atoms with E-state index in [1.165, 1.54) is 16.4 Å². The van der Waals surface area contributed by atoms with Crippen LogP contribution >= 0.6 is 0 Å². The third-order valence-corrected chi connectivity index (χ3v) is 5.66. The van der Waals surface area contributed by atoms with E-state index in [2.05, 4.69) is 0 Å². The summed E-state index contributed by atoms with van der Waals surface area (Å²) < 4.78 is 45.7. The Morgan fingerprint density at radius 1 is 1.11 bits per heavy atom. The van der Waals surface area contributed by atoms with Crippen molar-refractivity contribution in [3.63, 3.8) is 0 Å². The van der Waals surface area contributed by atoms with Crippen LogP contribution in [-0.2, 0) is 26.9 Å². The summed E-state index contributed by atoms with van der Waals surface area (Å²) in [5.41, 5.74) is 0.651. The number of hydrogen-bond donors (Lipinski definition) is 1. The van der Waals surface area contributed by atoms with Crippen molar-refractivity contribution in [2.24, 2.45) is 0 Å². The van der Waals surface area contributed by atoms with Gasteiger partial charge in [0.2, 0.25) is 10.0 Å². The smallest absolute Gasteiger partial charge is 0.243 e. The largest absolute Gasteiger partial charge is 0.306 e. The van der Waals surface area contributed by atoms with Gasteiger partial charge in [0.15, 0.2) is 11.1 Å². The van der Waals surface area contributed by atoms with E-state index in [9.17, 15) is 12.6 Å². The molecule has 0 aromatic heterocycles. The molecule has 1 unspecified atom stereocenters. The van der Waals surface area contributed by atoms with Crippen molar-refractivity contribution >= 4 is 21.1 Å². The summed E-state index contributed by atoms with van der Waals surface area (Å²) >= 11 is -1.91. The van der Waals surface area contributed by atoms with Gasteiger partial charge in [0.25, 0.3) is 0 Å². The molecule has 2 rings (SSSR count). The van der Waals surface area contributed by atoms with Gasteiger partial charge in [-0.3, -0.25) is 0 Å². The summed E-state index contributed by atoms with van der Waals surface area (Å²) in [7, 11) is -3.41. The van der Waals surface area contributed by atoms with Gasteiger partial charge in [-0.2, -0.15) is 4.31 Å². The minimum atomic E-state index is -3.41. The van der Waals surface area contributed by atoms with Crippen LogP contribution in [-0.4, -0.2) is 34.6 Å². The van der Waals surface area contributed by atoms with Crippen molar-refractivity contribution in [3.8, 4) is 0 Å². The third-order valence-electron chi connectivity index (χ3n) is 3.17. The SMILES string of the molecule is O=S(O)Cc1ccc(S(=O)(=O)N2CCCCC2)cc1. The molecule has 5 nitrogen and oxygen atoms in total. The molecule has 1 saturated heterocycles. The lowest BCUT2D eigenvalue weighted by atomic mass is 10.2. The van der Waals surface area contributed by atoms with Gasteiger partial charge in [0.05, 0.1) is 10.6 Å². The number of hydrogen-bond acceptors (Lipinski definition) is 3. The lowest BCUT2D eigenvalue weighted by Crippen LogP contribution is -2.35. The van der Waals surface area contributed by atoms with E-state index in [1.54, 1.807) is 12.1 Å². The van der Waals surface area contributed by atoms with Crippen molar-refractivity contribution in [1.82, 2.24) is 4.31 Å². The monoisotopic (exact) mass is 303 g/mol. The van der Waals surface area contributed by atoms with Crippen LogP contribution in [0.4, 0.5) is 0 Å². The summed E-state index contributed by atoms with van der Waals surface area (Å²) in [6.07, 6.45) is 2.88. The fourth-order valence-corrected chi connectivity index (χ4v) is 4.15. The Morgan fingerprint density at radius 2 is 1.68 bits per heavy atom. The van der Waals surface area contributed by atoms with Gasteiger partial charge in [-0.15, -0.1) is 0 Å². The molecule has 0 radical (unpaired) electrons. The Kier molecular flexibility index (Phi) is 4.72. The van der Waals surface area contributed by atoms with Gasteiger partial charge < -0.3 is 4.55 Å². The molecule has 1 N–H and O–H groups in total. The van der Waals surface area contributed by atoms with Crippen LogP contribution in [0.2, 0.25) is 0 Å². The first kappa shape index (κ1) is 14.6. The van der Waals surface area contributed by atoms with Gasteiger partial charge in [-0.1, -0.05) is 18.6 Å². The first-order chi connectivity index (χ1) is 9.00. The van der Waals surface area contributed by atoms with E-state index in [0.717, 1.165) is 19.3 Å². The molecule has 1 fully saturated rings. The van der Waals surface area contributed by atoms with Crippen molar-refractivity contribution in [3.05, 3.63) is 29.8 Å². The Bertz CT molecular complexity index is 548. The number of nitrogens with zero attached hydrogens (tertiary/aromatic N) is 1. The highest BCUT2D eigenvalue weighted by molar-refractivity contribution is 7.89. The average molecular weight is 303 g/mol. The highest BCUT2D eigenvalue weighted by Crippen LogP contribution is 2.21. The second-order valence-electron chi connectivity index (χ2n) is 4.57. The number of benzene rings is 1. The molecular weight excluding hydrogens is 286 g/mol. The Morgan fingerprint density at radius 3 is 2.21 bits per heavy atom. The maximum Gasteiger partial charge on any atom is 0.243 e. The molecule has 7 heteroatoms. The summed E-state index contributed by atoms with van der Waals surface area (Å²) in [6.45, 7) is 1.15. The molecular formula is C12H17NO4S2. The summed E-state index contributed by atoms with van der Waals surface area (Å²) in [5, 5.41) is 0. The fourth-order valence-electron chi connectivity index (χ4n) is 2.15. The van der Waals surface area contributed by atoms with E-state index in [0.29, 0.717) is 18.7 Å². The maximum absolute atomic E-state index is 12.3. The second kappa shape index (κ2) is 6.13. The molecule has 0 amide bonds. The van der Waals surface area contributed by atoms with Crippen molar-refractivity contribution in [2.45, 2.75) is 29.9 Å². The van der Waals surface area contributed by atoms with Crippen LogP contribution in [0.3, 0.4) is 0 Å². The number of rotatable bonds is 4. The molecule has 106 valence electrons. The molecule has 1 aromatic rings. The zero-order valence-electron chi connectivity index (χ0n) is 10.5. The van der Waals surface area contributed by atoms with Crippen molar-refractivity contribution < 1.29 is 17.2 Å². The van der Waals surface area contributed by atoms with E-state index < -0.39 is 21.1 Å². The lowest BCUT2D eigenvalue weighted by molar-refractivity contribution is 0.346. The van der Waals surface area contributed by atoms with Crippen LogP contribution in [0.1, 0.15) is 24.8 Å². The predicted molar refractivity (Wildman–Crippen MR) is 73.5 cm³/mol. The highest BCUT2D eigenvalue weighted by Gasteiger charge is 2.25. The third kappa shape index (κ3) is 3.62. The van der Waals surface area contributed by atoms with E-state index in [-0.39, 0.29) is 10.6 Å². The minimum absolute atomic E-state index is 0.0179. The molecule has 0 bridgehead atoms. The Hall–Kier alpha value is -0.760. The van der Waals surface area contributed by atoms with Crippen LogP contribution in [0, 0.1) is 0 Å². The van der Waals surface area contributed by atoms with Gasteiger partial charge in [-0.05, 0) is 30.5 Å². The van der Waals surface area contributed by atoms with Gasteiger partial charge in [-0.25, -0.2) is 12.6 Å². The fraction of sp³-hybridized carbons (Fsp3) is 0.500. The summed E-state index contributed by atoms with van der Waals surface area (Å²) in [5.74, 6) is 0.0179. The number of sulfonamides is 1. The predicted octanol–water partition coefficient (Wildman–Crippen LogP) is 1.58. The zero-order chi connectivity index (χ0) is 13.9. The minimum Gasteiger partial charge on any atom is -0.306 e. The van der Waals surface area contributed by atoms with Crippen LogP contribution in [0.25, 0.3) is 0 Å². The van der Waals surface area contributed by atoms with Crippen LogP contribution in [0.5, 0.6) is 0 Å². The lowest BCUT2D eigenvalue weighted by Gasteiger charge is -2.25. The molecule has 19 heavy (non-hydrogen) atoms. The Labute approximate surface area is 116 Å². The zero-order valence-corrected chi connectivity index (χ0v) is 12.1.